The van der Waals surface area contributed by atoms with Gasteiger partial charge in [-0.05, 0) is 36.9 Å². The molecule has 24 heavy (non-hydrogen) atoms. The number of H-pyrrole nitrogens is 1. The highest BCUT2D eigenvalue weighted by atomic mass is 32.2. The highest BCUT2D eigenvalue weighted by molar-refractivity contribution is 7.99. The van der Waals surface area contributed by atoms with E-state index in [0.29, 0.717) is 5.69 Å². The molecule has 2 heterocycles. The number of nitrogens with one attached hydrogen (secondary N) is 3. The molecule has 2 aromatic heterocycles. The third-order valence-corrected chi connectivity index (χ3v) is 4.28. The Morgan fingerprint density at radius 2 is 2.12 bits per heavy atom. The highest BCUT2D eigenvalue weighted by Crippen LogP contribution is 2.17. The lowest BCUT2D eigenvalue weighted by Crippen LogP contribution is -2.31. The average molecular weight is 341 g/mol. The van der Waals surface area contributed by atoms with Gasteiger partial charge in [0, 0.05) is 0 Å². The van der Waals surface area contributed by atoms with Crippen LogP contribution in [0.25, 0.3) is 11.0 Å². The summed E-state index contributed by atoms with van der Waals surface area (Å²) in [5.41, 5.74) is 2.49. The van der Waals surface area contributed by atoms with Gasteiger partial charge in [-0.2, -0.15) is 0 Å². The Balaban J connectivity index is 1.61. The zero-order valence-corrected chi connectivity index (χ0v) is 14.4. The Bertz CT molecular complexity index is 797. The molecule has 6 nitrogen and oxygen atoms in total. The van der Waals surface area contributed by atoms with Gasteiger partial charge >= 0.3 is 6.03 Å². The molecular formula is C17H19N5OS. The highest BCUT2D eigenvalue weighted by Gasteiger charge is 2.13. The normalized spacial score (nSPS) is 12.1. The van der Waals surface area contributed by atoms with Gasteiger partial charge in [0.15, 0.2) is 0 Å². The molecule has 0 radical (unpaired) electrons. The molecule has 1 atom stereocenters. The molecule has 3 N–H and O–H groups in total. The number of aromatic nitrogens is 3. The average Bonchev–Trinajstić information content (AvgIpc) is 3.01. The number of nitrogens with zero attached hydrogens (tertiary/aromatic N) is 2. The molecule has 0 unspecified atom stereocenters. The molecule has 0 spiro atoms. The van der Waals surface area contributed by atoms with Crippen molar-refractivity contribution in [3.05, 3.63) is 48.4 Å². The SMILES string of the molecule is CCSc1ccc(NC(=O)N[C@@H](C)c2nc3ccccc3[nH]2)cn1. The first-order valence-electron chi connectivity index (χ1n) is 7.76. The van der Waals surface area contributed by atoms with Crippen LogP contribution >= 0.6 is 11.8 Å². The number of hydrogen-bond acceptors (Lipinski definition) is 4. The van der Waals surface area contributed by atoms with Crippen molar-refractivity contribution in [2.75, 3.05) is 11.1 Å². The van der Waals surface area contributed by atoms with Crippen LogP contribution in [0, 0.1) is 0 Å². The number of aromatic amines is 1. The Morgan fingerprint density at radius 3 is 2.83 bits per heavy atom. The van der Waals surface area contributed by atoms with Crippen molar-refractivity contribution in [3.8, 4) is 0 Å². The summed E-state index contributed by atoms with van der Waals surface area (Å²) < 4.78 is 0. The van der Waals surface area contributed by atoms with Crippen LogP contribution in [0.1, 0.15) is 25.7 Å². The Hall–Kier alpha value is -2.54. The fourth-order valence-corrected chi connectivity index (χ4v) is 2.88. The van der Waals surface area contributed by atoms with Crippen molar-refractivity contribution < 1.29 is 4.79 Å². The standard InChI is InChI=1S/C17H19N5OS/c1-3-24-15-9-8-12(10-18-15)20-17(23)19-11(2)16-21-13-6-4-5-7-14(13)22-16/h4-11H,3H2,1-2H3,(H,21,22)(H2,19,20,23)/t11-/m0/s1. The predicted octanol–water partition coefficient (Wildman–Crippen LogP) is 3.95. The van der Waals surface area contributed by atoms with E-state index in [-0.39, 0.29) is 12.1 Å². The predicted molar refractivity (Wildman–Crippen MR) is 97.3 cm³/mol. The quantitative estimate of drug-likeness (QED) is 0.614. The topological polar surface area (TPSA) is 82.7 Å². The molecule has 0 saturated carbocycles. The maximum Gasteiger partial charge on any atom is 0.319 e. The van der Waals surface area contributed by atoms with Gasteiger partial charge in [-0.15, -0.1) is 11.8 Å². The molecule has 1 aromatic carbocycles. The number of amides is 2. The molecule has 0 saturated heterocycles. The second-order valence-electron chi connectivity index (χ2n) is 5.28. The number of carbonyl (C=O) groups excluding carboxylic acids is 1. The van der Waals surface area contributed by atoms with Crippen LogP contribution in [0.15, 0.2) is 47.6 Å². The maximum absolute atomic E-state index is 12.1. The summed E-state index contributed by atoms with van der Waals surface area (Å²) in [5, 5.41) is 6.59. The largest absolute Gasteiger partial charge is 0.340 e. The van der Waals surface area contributed by atoms with Gasteiger partial charge in [0.05, 0.1) is 34.0 Å². The van der Waals surface area contributed by atoms with E-state index in [0.717, 1.165) is 27.6 Å². The number of hydrogen-bond donors (Lipinski definition) is 3. The van der Waals surface area contributed by atoms with Crippen LogP contribution in [0.4, 0.5) is 10.5 Å². The Labute approximate surface area is 144 Å². The first kappa shape index (κ1) is 16.3. The lowest BCUT2D eigenvalue weighted by molar-refractivity contribution is 0.249. The second-order valence-corrected chi connectivity index (χ2v) is 6.56. The molecule has 7 heteroatoms. The van der Waals surface area contributed by atoms with Crippen molar-refractivity contribution >= 4 is 34.5 Å². The number of fused-ring (bicyclic) bond motifs is 1. The molecule has 0 aliphatic carbocycles. The molecule has 0 fully saturated rings. The van der Waals surface area contributed by atoms with Gasteiger partial charge in [0.25, 0.3) is 0 Å². The van der Waals surface area contributed by atoms with Crippen LogP contribution in [-0.2, 0) is 0 Å². The van der Waals surface area contributed by atoms with Crippen molar-refractivity contribution in [2.45, 2.75) is 24.9 Å². The molecule has 0 aliphatic heterocycles. The number of benzene rings is 1. The summed E-state index contributed by atoms with van der Waals surface area (Å²) in [6.07, 6.45) is 1.66. The minimum atomic E-state index is -0.291. The van der Waals surface area contributed by atoms with E-state index in [1.807, 2.05) is 43.3 Å². The fraction of sp³-hybridized carbons (Fsp3) is 0.235. The lowest BCUT2D eigenvalue weighted by atomic mass is 10.3. The van der Waals surface area contributed by atoms with Crippen LogP contribution in [0.2, 0.25) is 0 Å². The molecular weight excluding hydrogens is 322 g/mol. The summed E-state index contributed by atoms with van der Waals surface area (Å²) in [6.45, 7) is 3.96. The van der Waals surface area contributed by atoms with E-state index in [9.17, 15) is 4.79 Å². The van der Waals surface area contributed by atoms with Crippen LogP contribution in [0.5, 0.6) is 0 Å². The van der Waals surface area contributed by atoms with E-state index in [4.69, 9.17) is 0 Å². The summed E-state index contributed by atoms with van der Waals surface area (Å²) in [7, 11) is 0. The smallest absolute Gasteiger partial charge is 0.319 e. The number of carbonyl (C=O) groups is 1. The maximum atomic E-state index is 12.1. The van der Waals surface area contributed by atoms with Crippen molar-refractivity contribution in [1.29, 1.82) is 0 Å². The summed E-state index contributed by atoms with van der Waals surface area (Å²) in [5.74, 6) is 1.69. The minimum absolute atomic E-state index is 0.236. The van der Waals surface area contributed by atoms with Crippen LogP contribution in [-0.4, -0.2) is 26.7 Å². The van der Waals surface area contributed by atoms with Crippen molar-refractivity contribution in [2.24, 2.45) is 0 Å². The number of anilines is 1. The lowest BCUT2D eigenvalue weighted by Gasteiger charge is -2.12. The van der Waals surface area contributed by atoms with Gasteiger partial charge in [0.1, 0.15) is 5.82 Å². The molecule has 124 valence electrons. The molecule has 3 aromatic rings. The van der Waals surface area contributed by atoms with Gasteiger partial charge in [-0.25, -0.2) is 14.8 Å². The van der Waals surface area contributed by atoms with Crippen molar-refractivity contribution in [3.63, 3.8) is 0 Å². The summed E-state index contributed by atoms with van der Waals surface area (Å²) in [4.78, 5) is 24.1. The van der Waals surface area contributed by atoms with Crippen LogP contribution < -0.4 is 10.6 Å². The van der Waals surface area contributed by atoms with E-state index < -0.39 is 0 Å². The van der Waals surface area contributed by atoms with Gasteiger partial charge in [-0.3, -0.25) is 0 Å². The number of pyridine rings is 1. The third kappa shape index (κ3) is 3.86. The monoisotopic (exact) mass is 341 g/mol. The zero-order chi connectivity index (χ0) is 16.9. The first-order chi connectivity index (χ1) is 11.7. The number of urea groups is 1. The second kappa shape index (κ2) is 7.35. The number of thioether (sulfide) groups is 1. The number of rotatable bonds is 5. The molecule has 0 bridgehead atoms. The third-order valence-electron chi connectivity index (χ3n) is 3.45. The van der Waals surface area contributed by atoms with Crippen LogP contribution in [0.3, 0.4) is 0 Å². The van der Waals surface area contributed by atoms with Gasteiger partial charge in [-0.1, -0.05) is 19.1 Å². The minimum Gasteiger partial charge on any atom is -0.340 e. The fourth-order valence-electron chi connectivity index (χ4n) is 2.30. The number of imidazole rings is 1. The Morgan fingerprint density at radius 1 is 1.29 bits per heavy atom. The molecule has 2 amide bonds. The summed E-state index contributed by atoms with van der Waals surface area (Å²) in [6, 6.07) is 11.0. The summed E-state index contributed by atoms with van der Waals surface area (Å²) >= 11 is 1.66. The number of para-hydroxylation sites is 2. The Kier molecular flexibility index (Phi) is 5.00. The zero-order valence-electron chi connectivity index (χ0n) is 13.5. The molecule has 0 aliphatic rings. The molecule has 3 rings (SSSR count). The van der Waals surface area contributed by atoms with Gasteiger partial charge < -0.3 is 15.6 Å². The van der Waals surface area contributed by atoms with E-state index in [1.54, 1.807) is 18.0 Å². The van der Waals surface area contributed by atoms with E-state index >= 15 is 0 Å². The van der Waals surface area contributed by atoms with E-state index in [1.165, 1.54) is 0 Å². The van der Waals surface area contributed by atoms with E-state index in [2.05, 4.69) is 32.5 Å². The van der Waals surface area contributed by atoms with Gasteiger partial charge in [0.2, 0.25) is 0 Å². The van der Waals surface area contributed by atoms with Crippen molar-refractivity contribution in [1.82, 2.24) is 20.3 Å². The first-order valence-corrected chi connectivity index (χ1v) is 8.75.